The highest BCUT2D eigenvalue weighted by Gasteiger charge is 2.25. The van der Waals surface area contributed by atoms with Crippen molar-refractivity contribution in [3.8, 4) is 0 Å². The summed E-state index contributed by atoms with van der Waals surface area (Å²) < 4.78 is 12.8. The van der Waals surface area contributed by atoms with E-state index < -0.39 is 0 Å². The van der Waals surface area contributed by atoms with E-state index in [4.69, 9.17) is 12.2 Å². The van der Waals surface area contributed by atoms with Gasteiger partial charge in [0.1, 0.15) is 5.82 Å². The molecule has 2 N–H and O–H groups in total. The molecule has 2 atom stereocenters. The summed E-state index contributed by atoms with van der Waals surface area (Å²) in [6, 6.07) is 7.42. The Hall–Kier alpha value is -1.20. The Morgan fingerprint density at radius 3 is 2.45 bits per heavy atom. The van der Waals surface area contributed by atoms with Crippen LogP contribution in [0.15, 0.2) is 24.3 Å². The van der Waals surface area contributed by atoms with Crippen LogP contribution >= 0.6 is 12.2 Å². The monoisotopic (exact) mass is 295 g/mol. The molecule has 5 heteroatoms. The fourth-order valence-electron chi connectivity index (χ4n) is 2.58. The van der Waals surface area contributed by atoms with E-state index in [0.29, 0.717) is 23.7 Å². The summed E-state index contributed by atoms with van der Waals surface area (Å²) in [5, 5.41) is 6.01. The first-order valence-corrected chi connectivity index (χ1v) is 7.54. The van der Waals surface area contributed by atoms with Gasteiger partial charge in [0.2, 0.25) is 0 Å². The predicted octanol–water partition coefficient (Wildman–Crippen LogP) is 2.97. The van der Waals surface area contributed by atoms with Gasteiger partial charge in [-0.15, -0.1) is 0 Å². The van der Waals surface area contributed by atoms with E-state index in [1.54, 1.807) is 12.1 Å². The number of nitrogens with zero attached hydrogens (tertiary/aromatic N) is 1. The summed E-state index contributed by atoms with van der Waals surface area (Å²) in [5.74, 6) is -0.217. The minimum Gasteiger partial charge on any atom is -0.358 e. The molecule has 1 heterocycles. The number of hydrogen-bond acceptors (Lipinski definition) is 2. The molecule has 0 saturated carbocycles. The Kier molecular flexibility index (Phi) is 5.31. The van der Waals surface area contributed by atoms with Crippen molar-refractivity contribution in [2.45, 2.75) is 51.7 Å². The number of benzene rings is 1. The molecule has 1 aromatic carbocycles. The maximum atomic E-state index is 12.8. The van der Waals surface area contributed by atoms with Crippen LogP contribution in [0.5, 0.6) is 0 Å². The summed E-state index contributed by atoms with van der Waals surface area (Å²) in [6.45, 7) is 5.03. The molecular formula is C15H22FN3S. The van der Waals surface area contributed by atoms with E-state index in [-0.39, 0.29) is 5.82 Å². The molecule has 1 aromatic rings. The standard InChI is InChI=1S/C15H22FN3S/c1-11-4-3-5-12(2)19(11)18-15(20)17-10-13-6-8-14(16)9-7-13/h6-9,11-12H,3-5,10H2,1-2H3,(H2,17,18,20)/t11-,12-/m0/s1. The number of piperidine rings is 1. The first-order chi connectivity index (χ1) is 9.56. The van der Waals surface area contributed by atoms with Crippen molar-refractivity contribution >= 4 is 17.3 Å². The van der Waals surface area contributed by atoms with Crippen LogP contribution in [-0.2, 0) is 6.54 Å². The molecule has 0 radical (unpaired) electrons. The van der Waals surface area contributed by atoms with Gasteiger partial charge in [-0.3, -0.25) is 5.43 Å². The summed E-state index contributed by atoms with van der Waals surface area (Å²) in [6.07, 6.45) is 3.66. The lowest BCUT2D eigenvalue weighted by molar-refractivity contribution is 0.0736. The second-order valence-electron chi connectivity index (χ2n) is 5.46. The summed E-state index contributed by atoms with van der Waals surface area (Å²) in [5.41, 5.74) is 4.29. The van der Waals surface area contributed by atoms with Crippen molar-refractivity contribution in [2.75, 3.05) is 0 Å². The van der Waals surface area contributed by atoms with Crippen LogP contribution in [0.1, 0.15) is 38.7 Å². The minimum absolute atomic E-state index is 0.217. The molecular weight excluding hydrogens is 273 g/mol. The Labute approximate surface area is 125 Å². The zero-order chi connectivity index (χ0) is 14.5. The highest BCUT2D eigenvalue weighted by Crippen LogP contribution is 2.20. The molecule has 1 fully saturated rings. The SMILES string of the molecule is C[C@H]1CCC[C@H](C)N1NC(=S)NCc1ccc(F)cc1. The zero-order valence-corrected chi connectivity index (χ0v) is 12.8. The van der Waals surface area contributed by atoms with Gasteiger partial charge in [-0.2, -0.15) is 0 Å². The Bertz CT molecular complexity index is 439. The van der Waals surface area contributed by atoms with Crippen molar-refractivity contribution < 1.29 is 4.39 Å². The van der Waals surface area contributed by atoms with Crippen molar-refractivity contribution in [1.82, 2.24) is 15.8 Å². The molecule has 0 bridgehead atoms. The van der Waals surface area contributed by atoms with Crippen LogP contribution in [0, 0.1) is 5.82 Å². The van der Waals surface area contributed by atoms with Crippen molar-refractivity contribution in [3.63, 3.8) is 0 Å². The molecule has 20 heavy (non-hydrogen) atoms. The maximum absolute atomic E-state index is 12.8. The van der Waals surface area contributed by atoms with Gasteiger partial charge >= 0.3 is 0 Å². The Balaban J connectivity index is 1.81. The van der Waals surface area contributed by atoms with E-state index >= 15 is 0 Å². The third kappa shape index (κ3) is 4.15. The zero-order valence-electron chi connectivity index (χ0n) is 12.0. The van der Waals surface area contributed by atoms with Crippen LogP contribution < -0.4 is 10.7 Å². The topological polar surface area (TPSA) is 27.3 Å². The largest absolute Gasteiger partial charge is 0.358 e. The summed E-state index contributed by atoms with van der Waals surface area (Å²) >= 11 is 5.33. The van der Waals surface area contributed by atoms with Crippen LogP contribution in [0.4, 0.5) is 4.39 Å². The van der Waals surface area contributed by atoms with Gasteiger partial charge in [0, 0.05) is 18.6 Å². The highest BCUT2D eigenvalue weighted by atomic mass is 32.1. The quantitative estimate of drug-likeness (QED) is 0.838. The average Bonchev–Trinajstić information content (AvgIpc) is 2.42. The summed E-state index contributed by atoms with van der Waals surface area (Å²) in [7, 11) is 0. The van der Waals surface area contributed by atoms with Crippen LogP contribution in [-0.4, -0.2) is 22.2 Å². The minimum atomic E-state index is -0.217. The van der Waals surface area contributed by atoms with Crippen LogP contribution in [0.3, 0.4) is 0 Å². The van der Waals surface area contributed by atoms with Crippen LogP contribution in [0.25, 0.3) is 0 Å². The fraction of sp³-hybridized carbons (Fsp3) is 0.533. The molecule has 0 aliphatic carbocycles. The molecule has 1 aliphatic heterocycles. The number of hydrogen-bond donors (Lipinski definition) is 2. The molecule has 0 spiro atoms. The molecule has 1 aliphatic rings. The number of hydrazine groups is 1. The van der Waals surface area contributed by atoms with E-state index in [0.717, 1.165) is 5.56 Å². The number of thiocarbonyl (C=S) groups is 1. The second kappa shape index (κ2) is 6.99. The van der Waals surface area contributed by atoms with Crippen molar-refractivity contribution in [1.29, 1.82) is 0 Å². The molecule has 0 amide bonds. The van der Waals surface area contributed by atoms with Gasteiger partial charge in [0.15, 0.2) is 5.11 Å². The number of halogens is 1. The predicted molar refractivity (Wildman–Crippen MR) is 83.6 cm³/mol. The number of rotatable bonds is 3. The van der Waals surface area contributed by atoms with Gasteiger partial charge in [0.05, 0.1) is 0 Å². The fourth-order valence-corrected chi connectivity index (χ4v) is 2.76. The first-order valence-electron chi connectivity index (χ1n) is 7.13. The molecule has 2 rings (SSSR count). The van der Waals surface area contributed by atoms with Crippen molar-refractivity contribution in [3.05, 3.63) is 35.6 Å². The molecule has 110 valence electrons. The summed E-state index contributed by atoms with van der Waals surface area (Å²) in [4.78, 5) is 0. The lowest BCUT2D eigenvalue weighted by Gasteiger charge is -2.39. The van der Waals surface area contributed by atoms with Gasteiger partial charge in [0.25, 0.3) is 0 Å². The van der Waals surface area contributed by atoms with E-state index in [1.165, 1.54) is 31.4 Å². The highest BCUT2D eigenvalue weighted by molar-refractivity contribution is 7.80. The van der Waals surface area contributed by atoms with Gasteiger partial charge < -0.3 is 5.32 Å². The molecule has 3 nitrogen and oxygen atoms in total. The van der Waals surface area contributed by atoms with Gasteiger partial charge in [-0.25, -0.2) is 9.40 Å². The van der Waals surface area contributed by atoms with Gasteiger partial charge in [-0.1, -0.05) is 18.6 Å². The lowest BCUT2D eigenvalue weighted by atomic mass is 10.00. The van der Waals surface area contributed by atoms with Crippen molar-refractivity contribution in [2.24, 2.45) is 0 Å². The smallest absolute Gasteiger partial charge is 0.181 e. The maximum Gasteiger partial charge on any atom is 0.181 e. The third-order valence-electron chi connectivity index (χ3n) is 3.79. The van der Waals surface area contributed by atoms with E-state index in [1.807, 2.05) is 0 Å². The number of nitrogens with one attached hydrogen (secondary N) is 2. The van der Waals surface area contributed by atoms with E-state index in [2.05, 4.69) is 29.6 Å². The Morgan fingerprint density at radius 2 is 1.85 bits per heavy atom. The normalized spacial score (nSPS) is 23.4. The Morgan fingerprint density at radius 1 is 1.25 bits per heavy atom. The third-order valence-corrected chi connectivity index (χ3v) is 4.03. The molecule has 1 saturated heterocycles. The van der Waals surface area contributed by atoms with E-state index in [9.17, 15) is 4.39 Å². The second-order valence-corrected chi connectivity index (χ2v) is 5.87. The molecule has 0 unspecified atom stereocenters. The average molecular weight is 295 g/mol. The lowest BCUT2D eigenvalue weighted by Crippen LogP contribution is -2.56. The van der Waals surface area contributed by atoms with Gasteiger partial charge in [-0.05, 0) is 56.6 Å². The van der Waals surface area contributed by atoms with Crippen LogP contribution in [0.2, 0.25) is 0 Å². The molecule has 0 aromatic heterocycles. The first kappa shape index (κ1) is 15.2.